The first kappa shape index (κ1) is 20.2. The first-order chi connectivity index (χ1) is 13.2. The molecule has 3 rings (SSSR count). The fourth-order valence-corrected chi connectivity index (χ4v) is 3.20. The number of rotatable bonds is 5. The van der Waals surface area contributed by atoms with Gasteiger partial charge in [0.1, 0.15) is 0 Å². The fourth-order valence-electron chi connectivity index (χ4n) is 2.50. The van der Waals surface area contributed by atoms with Gasteiger partial charge in [-0.05, 0) is 42.5 Å². The molecule has 146 valence electrons. The molecule has 0 fully saturated rings. The van der Waals surface area contributed by atoms with Gasteiger partial charge in [0.05, 0.1) is 29.9 Å². The molecule has 7 nitrogen and oxygen atoms in total. The molecule has 0 spiro atoms. The summed E-state index contributed by atoms with van der Waals surface area (Å²) < 4.78 is 26.3. The molecule has 0 saturated heterocycles. The smallest absolute Gasteiger partial charge is 0.232 e. The zero-order valence-electron chi connectivity index (χ0n) is 14.8. The van der Waals surface area contributed by atoms with Gasteiger partial charge in [-0.15, -0.1) is 0 Å². The van der Waals surface area contributed by atoms with Crippen molar-refractivity contribution >= 4 is 39.2 Å². The van der Waals surface area contributed by atoms with E-state index in [0.717, 1.165) is 23.2 Å². The Bertz CT molecular complexity index is 1040. The predicted molar refractivity (Wildman–Crippen MR) is 112 cm³/mol. The first-order valence-electron chi connectivity index (χ1n) is 8.10. The van der Waals surface area contributed by atoms with Crippen LogP contribution >= 0.6 is 23.2 Å². The van der Waals surface area contributed by atoms with Crippen molar-refractivity contribution in [3.05, 3.63) is 70.3 Å². The third-order valence-electron chi connectivity index (χ3n) is 3.67. The lowest BCUT2D eigenvalue weighted by Crippen LogP contribution is -2.35. The summed E-state index contributed by atoms with van der Waals surface area (Å²) in [5.41, 5.74) is 8.75. The third kappa shape index (κ3) is 5.25. The fraction of sp³-hybridized carbons (Fsp3) is 0.111. The van der Waals surface area contributed by atoms with Gasteiger partial charge in [0.25, 0.3) is 0 Å². The van der Waals surface area contributed by atoms with E-state index in [0.29, 0.717) is 15.7 Å². The van der Waals surface area contributed by atoms with Crippen LogP contribution in [0, 0.1) is 0 Å². The minimum Gasteiger partial charge on any atom is -0.369 e. The molecule has 2 aromatic carbocycles. The lowest BCUT2D eigenvalue weighted by molar-refractivity contribution is 0.598. The van der Waals surface area contributed by atoms with E-state index in [2.05, 4.69) is 14.8 Å². The SMILES string of the molecule is CS(=O)(=O)NC(N)=NCc1cc(-c2ccc(Cl)cc2)n(-c2ccc(Cl)cc2)n1. The normalized spacial score (nSPS) is 12.2. The second kappa shape index (κ2) is 8.22. The van der Waals surface area contributed by atoms with E-state index >= 15 is 0 Å². The quantitative estimate of drug-likeness (QED) is 0.472. The van der Waals surface area contributed by atoms with Crippen LogP contribution in [0.25, 0.3) is 16.9 Å². The van der Waals surface area contributed by atoms with Crippen molar-refractivity contribution in [3.63, 3.8) is 0 Å². The van der Waals surface area contributed by atoms with Crippen molar-refractivity contribution in [1.29, 1.82) is 0 Å². The Hall–Kier alpha value is -2.55. The van der Waals surface area contributed by atoms with Gasteiger partial charge in [0, 0.05) is 15.6 Å². The van der Waals surface area contributed by atoms with E-state index in [1.54, 1.807) is 28.9 Å². The van der Waals surface area contributed by atoms with Gasteiger partial charge in [-0.25, -0.2) is 18.1 Å². The van der Waals surface area contributed by atoms with E-state index in [1.807, 2.05) is 30.3 Å². The molecule has 0 saturated carbocycles. The van der Waals surface area contributed by atoms with Crippen molar-refractivity contribution in [3.8, 4) is 16.9 Å². The Morgan fingerprint density at radius 1 is 1.11 bits per heavy atom. The molecule has 3 N–H and O–H groups in total. The average molecular weight is 438 g/mol. The number of nitrogens with one attached hydrogen (secondary N) is 1. The number of hydrogen-bond donors (Lipinski definition) is 2. The molecule has 3 aromatic rings. The van der Waals surface area contributed by atoms with Gasteiger partial charge in [-0.2, -0.15) is 5.10 Å². The summed E-state index contributed by atoms with van der Waals surface area (Å²) in [5, 5.41) is 5.83. The summed E-state index contributed by atoms with van der Waals surface area (Å²) in [6, 6.07) is 16.5. The Kier molecular flexibility index (Phi) is 5.93. The Labute approximate surface area is 172 Å². The van der Waals surface area contributed by atoms with E-state index in [1.165, 1.54) is 0 Å². The molecule has 0 atom stereocenters. The van der Waals surface area contributed by atoms with Crippen LogP contribution in [0.3, 0.4) is 0 Å². The number of sulfonamides is 1. The Balaban J connectivity index is 1.99. The molecule has 0 aliphatic carbocycles. The number of aliphatic imine (C=N–C) groups is 1. The summed E-state index contributed by atoms with van der Waals surface area (Å²) in [4.78, 5) is 4.04. The molecular weight excluding hydrogens is 421 g/mol. The summed E-state index contributed by atoms with van der Waals surface area (Å²) in [6.45, 7) is 0.107. The van der Waals surface area contributed by atoms with E-state index in [9.17, 15) is 8.42 Å². The molecule has 10 heteroatoms. The summed E-state index contributed by atoms with van der Waals surface area (Å²) in [7, 11) is -3.48. The van der Waals surface area contributed by atoms with E-state index in [-0.39, 0.29) is 12.5 Å². The zero-order chi connectivity index (χ0) is 20.3. The summed E-state index contributed by atoms with van der Waals surface area (Å²) >= 11 is 12.0. The van der Waals surface area contributed by atoms with Crippen LogP contribution in [0.4, 0.5) is 0 Å². The Morgan fingerprint density at radius 3 is 2.25 bits per heavy atom. The number of halogens is 2. The number of aromatic nitrogens is 2. The number of hydrogen-bond acceptors (Lipinski definition) is 4. The Morgan fingerprint density at radius 2 is 1.68 bits per heavy atom. The van der Waals surface area contributed by atoms with Gasteiger partial charge in [0.15, 0.2) is 0 Å². The standard InChI is InChI=1S/C18H17Cl2N5O2S/c1-28(26,27)24-18(21)22-11-15-10-17(12-2-4-13(19)5-3-12)25(23-15)16-8-6-14(20)7-9-16/h2-10H,11H2,1H3,(H3,21,22,24). The molecule has 0 aliphatic rings. The number of guanidine groups is 1. The number of benzene rings is 2. The molecule has 0 aliphatic heterocycles. The van der Waals surface area contributed by atoms with E-state index < -0.39 is 10.0 Å². The van der Waals surface area contributed by atoms with Crippen molar-refractivity contribution in [2.75, 3.05) is 6.26 Å². The van der Waals surface area contributed by atoms with E-state index in [4.69, 9.17) is 28.9 Å². The van der Waals surface area contributed by atoms with Crippen LogP contribution in [0.1, 0.15) is 5.69 Å². The number of nitrogens with two attached hydrogens (primary N) is 1. The van der Waals surface area contributed by atoms with Gasteiger partial charge in [-0.3, -0.25) is 4.72 Å². The van der Waals surface area contributed by atoms with Crippen LogP contribution in [-0.4, -0.2) is 30.4 Å². The minimum absolute atomic E-state index is 0.107. The lowest BCUT2D eigenvalue weighted by atomic mass is 10.1. The molecule has 0 bridgehead atoms. The third-order valence-corrected chi connectivity index (χ3v) is 4.76. The topological polar surface area (TPSA) is 102 Å². The molecule has 0 unspecified atom stereocenters. The molecule has 0 radical (unpaired) electrons. The molecule has 1 heterocycles. The highest BCUT2D eigenvalue weighted by Crippen LogP contribution is 2.26. The maximum Gasteiger partial charge on any atom is 0.232 e. The van der Waals surface area contributed by atoms with Crippen molar-refractivity contribution in [2.45, 2.75) is 6.54 Å². The van der Waals surface area contributed by atoms with Crippen LogP contribution in [0.5, 0.6) is 0 Å². The predicted octanol–water partition coefficient (Wildman–Crippen LogP) is 3.21. The summed E-state index contributed by atoms with van der Waals surface area (Å²) in [6.07, 6.45) is 1.00. The lowest BCUT2D eigenvalue weighted by Gasteiger charge is -2.08. The maximum atomic E-state index is 11.2. The monoisotopic (exact) mass is 437 g/mol. The molecule has 0 amide bonds. The second-order valence-corrected chi connectivity index (χ2v) is 8.61. The molecule has 28 heavy (non-hydrogen) atoms. The zero-order valence-corrected chi connectivity index (χ0v) is 17.1. The average Bonchev–Trinajstić information content (AvgIpc) is 3.04. The van der Waals surface area contributed by atoms with Crippen molar-refractivity contribution in [2.24, 2.45) is 10.7 Å². The maximum absolute atomic E-state index is 11.2. The second-order valence-electron chi connectivity index (χ2n) is 5.99. The van der Waals surface area contributed by atoms with Crippen molar-refractivity contribution < 1.29 is 8.42 Å². The largest absolute Gasteiger partial charge is 0.369 e. The van der Waals surface area contributed by atoms with Crippen LogP contribution in [-0.2, 0) is 16.6 Å². The van der Waals surface area contributed by atoms with Gasteiger partial charge in [0.2, 0.25) is 16.0 Å². The van der Waals surface area contributed by atoms with Crippen LogP contribution < -0.4 is 10.5 Å². The highest BCUT2D eigenvalue weighted by atomic mass is 35.5. The van der Waals surface area contributed by atoms with Gasteiger partial charge >= 0.3 is 0 Å². The first-order valence-corrected chi connectivity index (χ1v) is 10.7. The van der Waals surface area contributed by atoms with Gasteiger partial charge < -0.3 is 5.73 Å². The van der Waals surface area contributed by atoms with Crippen LogP contribution in [0.2, 0.25) is 10.0 Å². The highest BCUT2D eigenvalue weighted by Gasteiger charge is 2.12. The van der Waals surface area contributed by atoms with Gasteiger partial charge in [-0.1, -0.05) is 35.3 Å². The minimum atomic E-state index is -3.48. The number of nitrogens with zero attached hydrogens (tertiary/aromatic N) is 3. The molecule has 1 aromatic heterocycles. The molecular formula is C18H17Cl2N5O2S. The van der Waals surface area contributed by atoms with Crippen LogP contribution in [0.15, 0.2) is 59.6 Å². The van der Waals surface area contributed by atoms with Crippen molar-refractivity contribution in [1.82, 2.24) is 14.5 Å². The summed E-state index contributed by atoms with van der Waals surface area (Å²) in [5.74, 6) is -0.198. The highest BCUT2D eigenvalue weighted by molar-refractivity contribution is 7.89.